The molecule has 0 aliphatic carbocycles. The first-order valence-electron chi connectivity index (χ1n) is 4.89. The molecule has 0 N–H and O–H groups in total. The van der Waals surface area contributed by atoms with Crippen molar-refractivity contribution < 1.29 is 0 Å². The second-order valence-corrected chi connectivity index (χ2v) is 3.65. The first-order chi connectivity index (χ1) is 7.60. The predicted molar refractivity (Wildman–Crippen MR) is 58.1 cm³/mol. The Morgan fingerprint density at radius 3 is 2.44 bits per heavy atom. The molecule has 0 radical (unpaired) electrons. The Balaban J connectivity index is 2.60. The fraction of sp³-hybridized carbons (Fsp3) is 0.273. The molecule has 0 aliphatic heterocycles. The molecule has 0 spiro atoms. The van der Waals surface area contributed by atoms with Crippen molar-refractivity contribution >= 4 is 0 Å². The van der Waals surface area contributed by atoms with Crippen LogP contribution in [0.1, 0.15) is 22.8 Å². The van der Waals surface area contributed by atoms with Gasteiger partial charge in [-0.1, -0.05) is 0 Å². The highest BCUT2D eigenvalue weighted by Gasteiger charge is 2.08. The number of hydrogen-bond donors (Lipinski definition) is 0. The Labute approximate surface area is 93.4 Å². The highest BCUT2D eigenvalue weighted by atomic mass is 15.4. The average molecular weight is 213 g/mol. The standard InChI is InChI=1S/C11H11N5/c1-7-5-10(6-12)14-11(13-7)16-9(3)4-8(2)15-16/h4-5H,1-3H3. The molecule has 2 rings (SSSR count). The highest BCUT2D eigenvalue weighted by Crippen LogP contribution is 2.09. The van der Waals surface area contributed by atoms with Gasteiger partial charge in [-0.2, -0.15) is 10.4 Å². The molecule has 2 aromatic heterocycles. The molecular formula is C11H11N5. The first kappa shape index (κ1) is 10.3. The predicted octanol–water partition coefficient (Wildman–Crippen LogP) is 1.46. The van der Waals surface area contributed by atoms with E-state index in [0.29, 0.717) is 11.6 Å². The third-order valence-corrected chi connectivity index (χ3v) is 2.16. The van der Waals surface area contributed by atoms with Crippen molar-refractivity contribution in [2.75, 3.05) is 0 Å². The van der Waals surface area contributed by atoms with Gasteiger partial charge in [-0.05, 0) is 32.9 Å². The summed E-state index contributed by atoms with van der Waals surface area (Å²) in [5.74, 6) is 0.446. The van der Waals surface area contributed by atoms with E-state index in [1.54, 1.807) is 10.7 Å². The van der Waals surface area contributed by atoms with Gasteiger partial charge in [-0.15, -0.1) is 0 Å². The lowest BCUT2D eigenvalue weighted by Crippen LogP contribution is -2.07. The largest absolute Gasteiger partial charge is 0.252 e. The fourth-order valence-corrected chi connectivity index (χ4v) is 1.54. The van der Waals surface area contributed by atoms with E-state index in [2.05, 4.69) is 15.1 Å². The maximum absolute atomic E-state index is 8.84. The molecule has 0 aromatic carbocycles. The molecule has 5 heteroatoms. The maximum atomic E-state index is 8.84. The Morgan fingerprint density at radius 1 is 1.12 bits per heavy atom. The van der Waals surface area contributed by atoms with Gasteiger partial charge in [-0.25, -0.2) is 14.6 Å². The van der Waals surface area contributed by atoms with Crippen LogP contribution in [0.15, 0.2) is 12.1 Å². The quantitative estimate of drug-likeness (QED) is 0.719. The molecule has 0 fully saturated rings. The zero-order chi connectivity index (χ0) is 11.7. The van der Waals surface area contributed by atoms with Crippen LogP contribution in [0.3, 0.4) is 0 Å². The summed E-state index contributed by atoms with van der Waals surface area (Å²) in [6, 6.07) is 5.60. The molecule has 0 atom stereocenters. The van der Waals surface area contributed by atoms with Gasteiger partial charge in [0.05, 0.1) is 5.69 Å². The zero-order valence-electron chi connectivity index (χ0n) is 9.39. The summed E-state index contributed by atoms with van der Waals surface area (Å²) in [7, 11) is 0. The van der Waals surface area contributed by atoms with Crippen molar-refractivity contribution in [1.29, 1.82) is 5.26 Å². The fourth-order valence-electron chi connectivity index (χ4n) is 1.54. The minimum absolute atomic E-state index is 0.357. The monoisotopic (exact) mass is 213 g/mol. The average Bonchev–Trinajstić information content (AvgIpc) is 2.57. The van der Waals surface area contributed by atoms with E-state index in [-0.39, 0.29) is 0 Å². The molecule has 0 amide bonds. The van der Waals surface area contributed by atoms with Crippen LogP contribution in [-0.2, 0) is 0 Å². The molecule has 80 valence electrons. The second-order valence-electron chi connectivity index (χ2n) is 3.65. The summed E-state index contributed by atoms with van der Waals surface area (Å²) in [5.41, 5.74) is 2.97. The normalized spacial score (nSPS) is 10.1. The molecule has 0 unspecified atom stereocenters. The SMILES string of the molecule is Cc1cc(C#N)nc(-n2nc(C)cc2C)n1. The molecule has 0 saturated carbocycles. The van der Waals surface area contributed by atoms with Crippen LogP contribution in [0.2, 0.25) is 0 Å². The van der Waals surface area contributed by atoms with E-state index in [9.17, 15) is 0 Å². The number of nitriles is 1. The maximum Gasteiger partial charge on any atom is 0.252 e. The highest BCUT2D eigenvalue weighted by molar-refractivity contribution is 5.28. The lowest BCUT2D eigenvalue weighted by molar-refractivity contribution is 0.766. The van der Waals surface area contributed by atoms with Crippen LogP contribution in [0.4, 0.5) is 0 Å². The van der Waals surface area contributed by atoms with Gasteiger partial charge < -0.3 is 0 Å². The van der Waals surface area contributed by atoms with Gasteiger partial charge >= 0.3 is 0 Å². The second kappa shape index (κ2) is 3.74. The summed E-state index contributed by atoms with van der Waals surface area (Å²) in [6.45, 7) is 5.67. The Bertz CT molecular complexity index is 577. The van der Waals surface area contributed by atoms with Crippen molar-refractivity contribution in [2.24, 2.45) is 0 Å². The summed E-state index contributed by atoms with van der Waals surface area (Å²) in [4.78, 5) is 8.39. The van der Waals surface area contributed by atoms with Crippen molar-refractivity contribution in [3.8, 4) is 12.0 Å². The molecular weight excluding hydrogens is 202 g/mol. The summed E-state index contributed by atoms with van der Waals surface area (Å²) in [6.07, 6.45) is 0. The van der Waals surface area contributed by atoms with Crippen molar-refractivity contribution in [3.05, 3.63) is 34.9 Å². The molecule has 16 heavy (non-hydrogen) atoms. The number of nitrogens with zero attached hydrogens (tertiary/aromatic N) is 5. The Morgan fingerprint density at radius 2 is 1.88 bits per heavy atom. The van der Waals surface area contributed by atoms with E-state index in [1.165, 1.54) is 0 Å². The minimum Gasteiger partial charge on any atom is -0.216 e. The van der Waals surface area contributed by atoms with Crippen LogP contribution in [0.25, 0.3) is 5.95 Å². The van der Waals surface area contributed by atoms with Gasteiger partial charge in [-0.3, -0.25) is 0 Å². The van der Waals surface area contributed by atoms with Crippen LogP contribution < -0.4 is 0 Å². The van der Waals surface area contributed by atoms with Crippen molar-refractivity contribution in [1.82, 2.24) is 19.7 Å². The van der Waals surface area contributed by atoms with Gasteiger partial charge in [0.2, 0.25) is 0 Å². The van der Waals surface area contributed by atoms with Crippen molar-refractivity contribution in [2.45, 2.75) is 20.8 Å². The van der Waals surface area contributed by atoms with E-state index < -0.39 is 0 Å². The molecule has 0 saturated heterocycles. The number of aromatic nitrogens is 4. The van der Waals surface area contributed by atoms with Crippen molar-refractivity contribution in [3.63, 3.8) is 0 Å². The number of aryl methyl sites for hydroxylation is 3. The number of hydrogen-bond acceptors (Lipinski definition) is 4. The van der Waals surface area contributed by atoms with Crippen LogP contribution in [0, 0.1) is 32.1 Å². The molecule has 0 aliphatic rings. The van der Waals surface area contributed by atoms with Gasteiger partial charge in [0.1, 0.15) is 11.8 Å². The van der Waals surface area contributed by atoms with E-state index in [4.69, 9.17) is 5.26 Å². The minimum atomic E-state index is 0.357. The zero-order valence-corrected chi connectivity index (χ0v) is 9.39. The van der Waals surface area contributed by atoms with E-state index >= 15 is 0 Å². The summed E-state index contributed by atoms with van der Waals surface area (Å²) >= 11 is 0. The van der Waals surface area contributed by atoms with Crippen LogP contribution in [0.5, 0.6) is 0 Å². The van der Waals surface area contributed by atoms with Crippen LogP contribution in [-0.4, -0.2) is 19.7 Å². The lowest BCUT2D eigenvalue weighted by Gasteiger charge is -2.03. The lowest BCUT2D eigenvalue weighted by atomic mass is 10.3. The summed E-state index contributed by atoms with van der Waals surface area (Å²) < 4.78 is 1.64. The smallest absolute Gasteiger partial charge is 0.216 e. The molecule has 0 bridgehead atoms. The summed E-state index contributed by atoms with van der Waals surface area (Å²) in [5, 5.41) is 13.1. The van der Waals surface area contributed by atoms with Gasteiger partial charge in [0.15, 0.2) is 0 Å². The topological polar surface area (TPSA) is 67.4 Å². The molecule has 5 nitrogen and oxygen atoms in total. The number of rotatable bonds is 1. The Hall–Kier alpha value is -2.22. The van der Waals surface area contributed by atoms with E-state index in [0.717, 1.165) is 17.1 Å². The Kier molecular flexibility index (Phi) is 2.41. The third-order valence-electron chi connectivity index (χ3n) is 2.16. The first-order valence-corrected chi connectivity index (χ1v) is 4.89. The van der Waals surface area contributed by atoms with Crippen LogP contribution >= 0.6 is 0 Å². The molecule has 2 aromatic rings. The van der Waals surface area contributed by atoms with Gasteiger partial charge in [0.25, 0.3) is 5.95 Å². The van der Waals surface area contributed by atoms with E-state index in [1.807, 2.05) is 32.9 Å². The third kappa shape index (κ3) is 1.77. The molecule has 2 heterocycles. The van der Waals surface area contributed by atoms with Gasteiger partial charge in [0, 0.05) is 11.4 Å².